The van der Waals surface area contributed by atoms with Gasteiger partial charge in [-0.15, -0.1) is 0 Å². The first-order valence-electron chi connectivity index (χ1n) is 9.88. The minimum atomic E-state index is -3.98. The number of carbonyl (C=O) groups excluding carboxylic acids is 2. The van der Waals surface area contributed by atoms with Crippen LogP contribution in [0.15, 0.2) is 29.2 Å². The molecule has 2 heterocycles. The maximum atomic E-state index is 12.1. The van der Waals surface area contributed by atoms with Crippen molar-refractivity contribution in [1.29, 1.82) is 0 Å². The van der Waals surface area contributed by atoms with Gasteiger partial charge in [0.25, 0.3) is 10.0 Å². The number of hydrogen-bond donors (Lipinski definition) is 4. The van der Waals surface area contributed by atoms with Crippen LogP contribution in [0.4, 0.5) is 21.1 Å². The number of para-hydroxylation sites is 1. The highest BCUT2D eigenvalue weighted by molar-refractivity contribution is 7.90. The fourth-order valence-electron chi connectivity index (χ4n) is 3.71. The van der Waals surface area contributed by atoms with Gasteiger partial charge in [0.2, 0.25) is 0 Å². The molecule has 0 bridgehead atoms. The van der Waals surface area contributed by atoms with E-state index in [4.69, 9.17) is 9.47 Å². The first kappa shape index (κ1) is 21.0. The van der Waals surface area contributed by atoms with Crippen LogP contribution in [0.3, 0.4) is 0 Å². The third kappa shape index (κ3) is 4.58. The van der Waals surface area contributed by atoms with Crippen LogP contribution in [-0.2, 0) is 14.8 Å². The average molecular weight is 449 g/mol. The predicted octanol–water partition coefficient (Wildman–Crippen LogP) is 2.71. The van der Waals surface area contributed by atoms with Crippen molar-refractivity contribution in [3.8, 4) is 5.75 Å². The predicted molar refractivity (Wildman–Crippen MR) is 110 cm³/mol. The summed E-state index contributed by atoms with van der Waals surface area (Å²) in [5.74, 6) is 0.505. The van der Waals surface area contributed by atoms with Gasteiger partial charge in [0.05, 0.1) is 5.69 Å². The molecule has 2 aromatic rings. The molecule has 166 valence electrons. The van der Waals surface area contributed by atoms with E-state index >= 15 is 0 Å². The maximum absolute atomic E-state index is 12.1. The number of carbonyl (C=O) groups is 2. The molecular weight excluding hydrogens is 426 g/mol. The lowest BCUT2D eigenvalue weighted by atomic mass is 10.0. The topological polar surface area (TPSA) is 152 Å². The lowest BCUT2D eigenvalue weighted by Gasteiger charge is -2.19. The monoisotopic (exact) mass is 449 g/mol. The summed E-state index contributed by atoms with van der Waals surface area (Å²) in [5.41, 5.74) is 1.17. The molecular formula is C19H23N5O6S. The molecule has 2 aliphatic rings. The normalized spacial score (nSPS) is 21.7. The molecule has 1 aliphatic heterocycles. The number of nitrogens with one attached hydrogen (secondary N) is 4. The fourth-order valence-corrected chi connectivity index (χ4v) is 4.73. The van der Waals surface area contributed by atoms with Crippen molar-refractivity contribution in [2.75, 3.05) is 5.32 Å². The molecule has 11 nitrogen and oxygen atoms in total. The largest absolute Gasteiger partial charge is 0.446 e. The second-order valence-corrected chi connectivity index (χ2v) is 9.45. The van der Waals surface area contributed by atoms with E-state index in [9.17, 15) is 18.0 Å². The minimum Gasteiger partial charge on any atom is -0.446 e. The summed E-state index contributed by atoms with van der Waals surface area (Å²) >= 11 is 0. The van der Waals surface area contributed by atoms with Crippen molar-refractivity contribution in [2.45, 2.75) is 56.1 Å². The number of anilines is 2. The van der Waals surface area contributed by atoms with Crippen molar-refractivity contribution < 1.29 is 27.5 Å². The van der Waals surface area contributed by atoms with Gasteiger partial charge in [0.15, 0.2) is 11.6 Å². The molecule has 0 radical (unpaired) electrons. The van der Waals surface area contributed by atoms with Crippen molar-refractivity contribution >= 4 is 33.7 Å². The molecule has 0 spiro atoms. The van der Waals surface area contributed by atoms with Gasteiger partial charge in [-0.1, -0.05) is 6.07 Å². The lowest BCUT2D eigenvalue weighted by Crippen LogP contribution is -2.37. The van der Waals surface area contributed by atoms with Gasteiger partial charge < -0.3 is 20.1 Å². The van der Waals surface area contributed by atoms with Crippen LogP contribution in [0.25, 0.3) is 0 Å². The molecule has 12 heteroatoms. The Morgan fingerprint density at radius 3 is 2.90 bits per heavy atom. The Balaban J connectivity index is 1.44. The number of ether oxygens (including phenoxy) is 2. The van der Waals surface area contributed by atoms with E-state index in [0.29, 0.717) is 17.9 Å². The Morgan fingerprint density at radius 1 is 1.32 bits per heavy atom. The summed E-state index contributed by atoms with van der Waals surface area (Å²) in [7, 11) is -3.98. The van der Waals surface area contributed by atoms with Crippen LogP contribution >= 0.6 is 0 Å². The van der Waals surface area contributed by atoms with Gasteiger partial charge in [-0.2, -0.15) is 5.10 Å². The first-order chi connectivity index (χ1) is 14.7. The molecule has 0 saturated heterocycles. The number of alkyl carbamates (subject to hydrolysis) is 1. The van der Waals surface area contributed by atoms with Crippen molar-refractivity contribution in [3.05, 3.63) is 30.0 Å². The number of amides is 2. The number of fused-ring (bicyclic) bond motifs is 1. The Hall–Kier alpha value is -3.28. The van der Waals surface area contributed by atoms with E-state index in [1.165, 1.54) is 12.1 Å². The molecule has 1 fully saturated rings. The van der Waals surface area contributed by atoms with Gasteiger partial charge in [0, 0.05) is 23.7 Å². The van der Waals surface area contributed by atoms with Gasteiger partial charge in [-0.3, -0.25) is 5.10 Å². The van der Waals surface area contributed by atoms with Crippen LogP contribution in [0, 0.1) is 0 Å². The number of H-pyrrole nitrogens is 1. The number of hydrogen-bond acceptors (Lipinski definition) is 8. The smallest absolute Gasteiger partial charge is 0.426 e. The number of nitrogens with zero attached hydrogens (tertiary/aromatic N) is 1. The second-order valence-electron chi connectivity index (χ2n) is 7.80. The Morgan fingerprint density at radius 2 is 2.13 bits per heavy atom. The van der Waals surface area contributed by atoms with E-state index in [1.54, 1.807) is 16.9 Å². The van der Waals surface area contributed by atoms with E-state index in [-0.39, 0.29) is 28.7 Å². The lowest BCUT2D eigenvalue weighted by molar-refractivity contribution is 0.0981. The van der Waals surface area contributed by atoms with Crippen molar-refractivity contribution in [2.24, 2.45) is 0 Å². The number of benzene rings is 1. The van der Waals surface area contributed by atoms with Crippen molar-refractivity contribution in [1.82, 2.24) is 20.2 Å². The van der Waals surface area contributed by atoms with Crippen molar-refractivity contribution in [3.63, 3.8) is 0 Å². The standard InChI is InChI=1S/C19H23N5O6S/c1-10(2)20-18(25)29-12-7-6-11(8-12)14-9-16(23-22-14)21-13-4-3-5-15-17(13)30-19(26)24-31(15,27)28/h3-5,9-12H,6-8H2,1-2H3,(H,20,25)(H,24,26)(H2,21,22,23)/t11-,12+/m0/s1. The SMILES string of the molecule is CC(C)NC(=O)O[C@@H]1CC[C@H](c2cc(Nc3cccc4c3OC(=O)NS4(=O)=O)n[nH]2)C1. The fraction of sp³-hybridized carbons (Fsp3) is 0.421. The van der Waals surface area contributed by atoms with Crippen LogP contribution in [0.5, 0.6) is 5.75 Å². The molecule has 1 aromatic heterocycles. The molecule has 2 atom stereocenters. The summed E-state index contributed by atoms with van der Waals surface area (Å²) in [4.78, 5) is 23.3. The molecule has 4 N–H and O–H groups in total. The zero-order chi connectivity index (χ0) is 22.2. The van der Waals surface area contributed by atoms with E-state index in [2.05, 4.69) is 20.8 Å². The number of sulfonamides is 1. The third-order valence-electron chi connectivity index (χ3n) is 5.05. The van der Waals surface area contributed by atoms with Gasteiger partial charge in [0.1, 0.15) is 11.0 Å². The maximum Gasteiger partial charge on any atom is 0.426 e. The van der Waals surface area contributed by atoms with Crippen LogP contribution in [0.2, 0.25) is 0 Å². The summed E-state index contributed by atoms with van der Waals surface area (Å²) in [6.45, 7) is 3.74. The molecule has 1 saturated carbocycles. The van der Waals surface area contributed by atoms with E-state index in [1.807, 2.05) is 13.8 Å². The quantitative estimate of drug-likeness (QED) is 0.544. The first-order valence-corrected chi connectivity index (χ1v) is 11.4. The van der Waals surface area contributed by atoms with Crippen LogP contribution in [0.1, 0.15) is 44.7 Å². The average Bonchev–Trinajstić information content (AvgIpc) is 3.30. The Kier molecular flexibility index (Phi) is 5.48. The van der Waals surface area contributed by atoms with E-state index < -0.39 is 22.2 Å². The molecule has 31 heavy (non-hydrogen) atoms. The molecule has 2 amide bonds. The third-order valence-corrected chi connectivity index (χ3v) is 6.38. The zero-order valence-corrected chi connectivity index (χ0v) is 17.8. The second kappa shape index (κ2) is 8.10. The highest BCUT2D eigenvalue weighted by atomic mass is 32.2. The minimum absolute atomic E-state index is 0.0136. The number of aromatic nitrogens is 2. The van der Waals surface area contributed by atoms with Crippen LogP contribution < -0.4 is 20.1 Å². The van der Waals surface area contributed by atoms with Crippen LogP contribution in [-0.4, -0.2) is 42.9 Å². The van der Waals surface area contributed by atoms with Gasteiger partial charge >= 0.3 is 12.2 Å². The zero-order valence-electron chi connectivity index (χ0n) is 17.0. The van der Waals surface area contributed by atoms with Gasteiger partial charge in [-0.25, -0.2) is 22.7 Å². The van der Waals surface area contributed by atoms with E-state index in [0.717, 1.165) is 18.5 Å². The molecule has 1 aliphatic carbocycles. The summed E-state index contributed by atoms with van der Waals surface area (Å²) in [6, 6.07) is 6.29. The molecule has 1 aromatic carbocycles. The number of aromatic amines is 1. The Labute approximate surface area is 178 Å². The summed E-state index contributed by atoms with van der Waals surface area (Å²) in [5, 5.41) is 12.9. The molecule has 4 rings (SSSR count). The molecule has 0 unspecified atom stereocenters. The highest BCUT2D eigenvalue weighted by Gasteiger charge is 2.32. The highest BCUT2D eigenvalue weighted by Crippen LogP contribution is 2.38. The summed E-state index contributed by atoms with van der Waals surface area (Å²) in [6.07, 6.45) is 0.620. The van der Waals surface area contributed by atoms with Gasteiger partial charge in [-0.05, 0) is 45.2 Å². The Bertz CT molecular complexity index is 1110. The number of rotatable bonds is 5. The summed E-state index contributed by atoms with van der Waals surface area (Å²) < 4.78 is 36.6.